The Kier molecular flexibility index (Phi) is 4.94. The van der Waals surface area contributed by atoms with E-state index >= 15 is 0 Å². The monoisotopic (exact) mass is 234 g/mol. The van der Waals surface area contributed by atoms with Crippen molar-refractivity contribution in [2.45, 2.75) is 6.42 Å². The lowest BCUT2D eigenvalue weighted by Gasteiger charge is -2.06. The molecule has 0 saturated heterocycles. The van der Waals surface area contributed by atoms with Crippen molar-refractivity contribution >= 4 is 17.5 Å². The lowest BCUT2D eigenvalue weighted by Crippen LogP contribution is -2.04. The fourth-order valence-corrected chi connectivity index (χ4v) is 1.32. The van der Waals surface area contributed by atoms with Crippen LogP contribution in [0.15, 0.2) is 36.4 Å². The van der Waals surface area contributed by atoms with E-state index in [2.05, 4.69) is 9.47 Å². The van der Waals surface area contributed by atoms with Crippen molar-refractivity contribution < 1.29 is 19.1 Å². The topological polar surface area (TPSA) is 52.6 Å². The van der Waals surface area contributed by atoms with Crippen LogP contribution >= 0.6 is 0 Å². The Labute approximate surface area is 99.8 Å². The number of ether oxygens (including phenoxy) is 2. The smallest absolute Gasteiger partial charge is 0.330 e. The molecule has 0 bridgehead atoms. The molecule has 0 atom stereocenters. The molecule has 0 aromatic heterocycles. The third-order valence-electron chi connectivity index (χ3n) is 2.20. The molecule has 0 aliphatic rings. The number of carbonyl (C=O) groups excluding carboxylic acids is 2. The van der Waals surface area contributed by atoms with Gasteiger partial charge in [0.1, 0.15) is 0 Å². The van der Waals surface area contributed by atoms with E-state index in [4.69, 9.17) is 0 Å². The molecule has 1 aromatic rings. The van der Waals surface area contributed by atoms with Gasteiger partial charge in [0.15, 0.2) is 0 Å². The largest absolute Gasteiger partial charge is 0.469 e. The minimum Gasteiger partial charge on any atom is -0.469 e. The van der Waals surface area contributed by atoms with Crippen LogP contribution in [0.3, 0.4) is 0 Å². The fourth-order valence-electron chi connectivity index (χ4n) is 1.32. The summed E-state index contributed by atoms with van der Waals surface area (Å²) in [5, 5.41) is 0. The quantitative estimate of drug-likeness (QED) is 0.589. The molecule has 0 radical (unpaired) electrons. The molecule has 0 amide bonds. The number of hydrogen-bond donors (Lipinski definition) is 0. The average Bonchev–Trinajstić information content (AvgIpc) is 2.38. The van der Waals surface area contributed by atoms with Crippen molar-refractivity contribution in [2.75, 3.05) is 14.2 Å². The molecule has 0 saturated carbocycles. The highest BCUT2D eigenvalue weighted by molar-refractivity contribution is 5.96. The van der Waals surface area contributed by atoms with Crippen LogP contribution < -0.4 is 0 Å². The van der Waals surface area contributed by atoms with Crippen LogP contribution in [0.4, 0.5) is 0 Å². The standard InChI is InChI=1S/C13H14O4/c1-16-12(14)8-11(9-13(15)17-2)10-6-4-3-5-7-10/h3-8H,9H2,1-2H3/b11-8+. The van der Waals surface area contributed by atoms with Crippen molar-refractivity contribution in [1.29, 1.82) is 0 Å². The van der Waals surface area contributed by atoms with Crippen LogP contribution in [-0.2, 0) is 19.1 Å². The Hall–Kier alpha value is -2.10. The first kappa shape index (κ1) is 13.0. The zero-order valence-corrected chi connectivity index (χ0v) is 9.80. The van der Waals surface area contributed by atoms with Gasteiger partial charge in [-0.25, -0.2) is 4.79 Å². The summed E-state index contributed by atoms with van der Waals surface area (Å²) >= 11 is 0. The van der Waals surface area contributed by atoms with Crippen LogP contribution in [0, 0.1) is 0 Å². The second-order valence-electron chi connectivity index (χ2n) is 3.31. The first-order valence-electron chi connectivity index (χ1n) is 5.08. The van der Waals surface area contributed by atoms with Gasteiger partial charge in [-0.2, -0.15) is 0 Å². The molecule has 4 heteroatoms. The van der Waals surface area contributed by atoms with Crippen LogP contribution in [0.5, 0.6) is 0 Å². The predicted octanol–water partition coefficient (Wildman–Crippen LogP) is 1.81. The van der Waals surface area contributed by atoms with Crippen molar-refractivity contribution in [1.82, 2.24) is 0 Å². The normalized spacial score (nSPS) is 10.8. The summed E-state index contributed by atoms with van der Waals surface area (Å²) in [6.07, 6.45) is 1.34. The van der Waals surface area contributed by atoms with Gasteiger partial charge in [-0.15, -0.1) is 0 Å². The number of carbonyl (C=O) groups is 2. The second-order valence-corrected chi connectivity index (χ2v) is 3.31. The van der Waals surface area contributed by atoms with Crippen molar-refractivity contribution in [3.8, 4) is 0 Å². The Balaban J connectivity index is 2.99. The molecular weight excluding hydrogens is 220 g/mol. The van der Waals surface area contributed by atoms with E-state index in [0.717, 1.165) is 5.56 Å². The molecule has 4 nitrogen and oxygen atoms in total. The van der Waals surface area contributed by atoms with Gasteiger partial charge >= 0.3 is 11.9 Å². The Morgan fingerprint density at radius 2 is 1.76 bits per heavy atom. The van der Waals surface area contributed by atoms with Crippen molar-refractivity contribution in [3.05, 3.63) is 42.0 Å². The van der Waals surface area contributed by atoms with Gasteiger partial charge in [-0.1, -0.05) is 30.3 Å². The zero-order chi connectivity index (χ0) is 12.7. The summed E-state index contributed by atoms with van der Waals surface area (Å²) in [6.45, 7) is 0. The van der Waals surface area contributed by atoms with Gasteiger partial charge in [0.05, 0.1) is 20.6 Å². The third-order valence-corrected chi connectivity index (χ3v) is 2.20. The second kappa shape index (κ2) is 6.48. The summed E-state index contributed by atoms with van der Waals surface area (Å²) in [5.74, 6) is -0.892. The van der Waals surface area contributed by atoms with E-state index in [1.54, 1.807) is 0 Å². The number of benzene rings is 1. The summed E-state index contributed by atoms with van der Waals surface area (Å²) in [4.78, 5) is 22.5. The Morgan fingerprint density at radius 3 is 2.29 bits per heavy atom. The predicted molar refractivity (Wildman–Crippen MR) is 63.1 cm³/mol. The first-order chi connectivity index (χ1) is 8.17. The maximum absolute atomic E-state index is 11.3. The SMILES string of the molecule is COC(=O)/C=C(\CC(=O)OC)c1ccccc1. The van der Waals surface area contributed by atoms with E-state index in [9.17, 15) is 9.59 Å². The summed E-state index contributed by atoms with van der Waals surface area (Å²) < 4.78 is 9.14. The highest BCUT2D eigenvalue weighted by Gasteiger charge is 2.10. The zero-order valence-electron chi connectivity index (χ0n) is 9.80. The van der Waals surface area contributed by atoms with E-state index in [-0.39, 0.29) is 6.42 Å². The number of esters is 2. The van der Waals surface area contributed by atoms with Crippen LogP contribution in [-0.4, -0.2) is 26.2 Å². The molecule has 0 fully saturated rings. The van der Waals surface area contributed by atoms with Gasteiger partial charge in [-0.3, -0.25) is 4.79 Å². The summed E-state index contributed by atoms with van der Waals surface area (Å²) in [6, 6.07) is 9.16. The number of hydrogen-bond acceptors (Lipinski definition) is 4. The third kappa shape index (κ3) is 4.10. The highest BCUT2D eigenvalue weighted by atomic mass is 16.5. The maximum Gasteiger partial charge on any atom is 0.330 e. The summed E-state index contributed by atoms with van der Waals surface area (Å²) in [5.41, 5.74) is 1.37. The van der Waals surface area contributed by atoms with Gasteiger partial charge < -0.3 is 9.47 Å². The highest BCUT2D eigenvalue weighted by Crippen LogP contribution is 2.18. The molecule has 17 heavy (non-hydrogen) atoms. The fraction of sp³-hybridized carbons (Fsp3) is 0.231. The molecule has 1 rings (SSSR count). The number of methoxy groups -OCH3 is 2. The number of rotatable bonds is 4. The Morgan fingerprint density at radius 1 is 1.12 bits per heavy atom. The lowest BCUT2D eigenvalue weighted by atomic mass is 10.0. The van der Waals surface area contributed by atoms with Gasteiger partial charge in [0, 0.05) is 6.08 Å². The van der Waals surface area contributed by atoms with Crippen molar-refractivity contribution in [3.63, 3.8) is 0 Å². The molecule has 0 unspecified atom stereocenters. The maximum atomic E-state index is 11.3. The average molecular weight is 234 g/mol. The van der Waals surface area contributed by atoms with E-state index < -0.39 is 11.9 Å². The summed E-state index contributed by atoms with van der Waals surface area (Å²) in [7, 11) is 2.60. The molecule has 0 aliphatic carbocycles. The molecule has 0 spiro atoms. The molecule has 0 N–H and O–H groups in total. The van der Waals surface area contributed by atoms with Crippen LogP contribution in [0.2, 0.25) is 0 Å². The first-order valence-corrected chi connectivity index (χ1v) is 5.08. The molecule has 90 valence electrons. The van der Waals surface area contributed by atoms with Gasteiger partial charge in [-0.05, 0) is 11.1 Å². The molecule has 0 heterocycles. The van der Waals surface area contributed by atoms with E-state index in [1.165, 1.54) is 20.3 Å². The van der Waals surface area contributed by atoms with Gasteiger partial charge in [0.2, 0.25) is 0 Å². The molecule has 0 aliphatic heterocycles. The minimum absolute atomic E-state index is 0.0373. The Bertz CT molecular complexity index is 420. The molecule has 1 aromatic carbocycles. The van der Waals surface area contributed by atoms with Crippen LogP contribution in [0.25, 0.3) is 5.57 Å². The van der Waals surface area contributed by atoms with Crippen LogP contribution in [0.1, 0.15) is 12.0 Å². The minimum atomic E-state index is -0.493. The lowest BCUT2D eigenvalue weighted by molar-refractivity contribution is -0.139. The van der Waals surface area contributed by atoms with E-state index in [1.807, 2.05) is 30.3 Å². The van der Waals surface area contributed by atoms with Gasteiger partial charge in [0.25, 0.3) is 0 Å². The molecular formula is C13H14O4. The van der Waals surface area contributed by atoms with Crippen molar-refractivity contribution in [2.24, 2.45) is 0 Å². The van der Waals surface area contributed by atoms with E-state index in [0.29, 0.717) is 5.57 Å².